The number of rotatable bonds is 4. The van der Waals surface area contributed by atoms with E-state index in [0.717, 1.165) is 25.7 Å². The van der Waals surface area contributed by atoms with Crippen molar-refractivity contribution in [3.8, 4) is 0 Å². The van der Waals surface area contributed by atoms with Gasteiger partial charge in [0.15, 0.2) is 0 Å². The van der Waals surface area contributed by atoms with Gasteiger partial charge in [0.1, 0.15) is 6.10 Å². The number of benzene rings is 1. The summed E-state index contributed by atoms with van der Waals surface area (Å²) in [5.74, 6) is -0.327. The van der Waals surface area contributed by atoms with Crippen LogP contribution in [0.3, 0.4) is 0 Å². The SMILES string of the molecule is O=C1C(O)CCN1c1ccc(S(=O)(=O)NC2CCCCCCCCCCC2)cc1. The summed E-state index contributed by atoms with van der Waals surface area (Å²) < 4.78 is 28.7. The smallest absolute Gasteiger partial charge is 0.255 e. The van der Waals surface area contributed by atoms with Gasteiger partial charge in [-0.25, -0.2) is 13.1 Å². The molecule has 1 atom stereocenters. The maximum atomic E-state index is 12.9. The molecule has 29 heavy (non-hydrogen) atoms. The first-order valence-corrected chi connectivity index (χ1v) is 12.6. The number of nitrogens with one attached hydrogen (secondary N) is 1. The summed E-state index contributed by atoms with van der Waals surface area (Å²) in [5.41, 5.74) is 0.622. The maximum absolute atomic E-state index is 12.9. The Morgan fingerprint density at radius 3 is 1.83 bits per heavy atom. The summed E-state index contributed by atoms with van der Waals surface area (Å²) >= 11 is 0. The summed E-state index contributed by atoms with van der Waals surface area (Å²) in [6, 6.07) is 6.36. The molecule has 1 amide bonds. The molecule has 162 valence electrons. The molecule has 0 radical (unpaired) electrons. The number of sulfonamides is 1. The van der Waals surface area contributed by atoms with Crippen LogP contribution in [0.1, 0.15) is 77.0 Å². The number of hydrogen-bond donors (Lipinski definition) is 2. The van der Waals surface area contributed by atoms with E-state index in [0.29, 0.717) is 18.7 Å². The standard InChI is InChI=1S/C22H34N2O4S/c25-21-16-17-24(22(21)26)19-12-14-20(15-13-19)29(27,28)23-18-10-8-6-4-2-1-3-5-7-9-11-18/h12-15,18,21,23,25H,1-11,16-17H2. The Morgan fingerprint density at radius 2 is 1.34 bits per heavy atom. The topological polar surface area (TPSA) is 86.7 Å². The molecule has 1 aliphatic carbocycles. The fourth-order valence-corrected chi connectivity index (χ4v) is 5.60. The van der Waals surface area contributed by atoms with E-state index in [1.54, 1.807) is 24.3 Å². The van der Waals surface area contributed by atoms with Crippen LogP contribution < -0.4 is 9.62 Å². The van der Waals surface area contributed by atoms with Crippen molar-refractivity contribution in [1.82, 2.24) is 4.72 Å². The molecule has 2 N–H and O–H groups in total. The summed E-state index contributed by atoms with van der Waals surface area (Å²) in [7, 11) is -3.59. The van der Waals surface area contributed by atoms with Crippen molar-refractivity contribution in [1.29, 1.82) is 0 Å². The van der Waals surface area contributed by atoms with Crippen LogP contribution in [-0.2, 0) is 14.8 Å². The Hall–Kier alpha value is -1.44. The number of carbonyl (C=O) groups excluding carboxylic acids is 1. The van der Waals surface area contributed by atoms with E-state index in [1.807, 2.05) is 0 Å². The molecule has 0 spiro atoms. The van der Waals surface area contributed by atoms with Crippen molar-refractivity contribution >= 4 is 21.6 Å². The molecule has 1 aromatic carbocycles. The Balaban J connectivity index is 1.63. The average Bonchev–Trinajstić information content (AvgIpc) is 3.03. The third-order valence-electron chi connectivity index (χ3n) is 6.06. The van der Waals surface area contributed by atoms with Crippen LogP contribution in [0.25, 0.3) is 0 Å². The first-order valence-electron chi connectivity index (χ1n) is 11.1. The first-order chi connectivity index (χ1) is 14.0. The summed E-state index contributed by atoms with van der Waals surface area (Å²) in [4.78, 5) is 13.7. The molecule has 3 rings (SSSR count). The van der Waals surface area contributed by atoms with E-state index in [4.69, 9.17) is 0 Å². The van der Waals surface area contributed by atoms with Gasteiger partial charge >= 0.3 is 0 Å². The first kappa shape index (κ1) is 22.2. The van der Waals surface area contributed by atoms with E-state index in [9.17, 15) is 18.3 Å². The number of carbonyl (C=O) groups is 1. The maximum Gasteiger partial charge on any atom is 0.255 e. The number of amides is 1. The van der Waals surface area contributed by atoms with Crippen LogP contribution in [0.4, 0.5) is 5.69 Å². The molecule has 1 saturated carbocycles. The number of aliphatic hydroxyl groups is 1. The number of aliphatic hydroxyl groups excluding tert-OH is 1. The Morgan fingerprint density at radius 1 is 0.828 bits per heavy atom. The third-order valence-corrected chi connectivity index (χ3v) is 7.60. The van der Waals surface area contributed by atoms with E-state index in [-0.39, 0.29) is 16.8 Å². The van der Waals surface area contributed by atoms with E-state index in [2.05, 4.69) is 4.72 Å². The minimum Gasteiger partial charge on any atom is -0.383 e. The van der Waals surface area contributed by atoms with Gasteiger partial charge < -0.3 is 10.0 Å². The van der Waals surface area contributed by atoms with Crippen molar-refractivity contribution in [2.75, 3.05) is 11.4 Å². The molecule has 1 saturated heterocycles. The zero-order valence-corrected chi connectivity index (χ0v) is 18.0. The van der Waals surface area contributed by atoms with Gasteiger partial charge in [-0.15, -0.1) is 0 Å². The molecule has 6 nitrogen and oxygen atoms in total. The van der Waals surface area contributed by atoms with Gasteiger partial charge in [0.25, 0.3) is 5.91 Å². The van der Waals surface area contributed by atoms with E-state index in [1.165, 1.54) is 49.8 Å². The van der Waals surface area contributed by atoms with Gasteiger partial charge in [0, 0.05) is 24.7 Å². The summed E-state index contributed by atoms with van der Waals surface area (Å²) in [6.07, 6.45) is 12.1. The molecular formula is C22H34N2O4S. The van der Waals surface area contributed by atoms with Crippen LogP contribution in [0.5, 0.6) is 0 Å². The fourth-order valence-electron chi connectivity index (χ4n) is 4.30. The predicted octanol–water partition coefficient (Wildman–Crippen LogP) is 3.74. The van der Waals surface area contributed by atoms with Crippen molar-refractivity contribution in [2.24, 2.45) is 0 Å². The minimum atomic E-state index is -3.59. The zero-order chi connectivity index (χ0) is 20.7. The second-order valence-corrected chi connectivity index (χ2v) is 10.1. The van der Waals surface area contributed by atoms with Crippen LogP contribution >= 0.6 is 0 Å². The van der Waals surface area contributed by atoms with E-state index < -0.39 is 16.1 Å². The molecular weight excluding hydrogens is 388 g/mol. The molecule has 1 heterocycles. The lowest BCUT2D eigenvalue weighted by atomic mass is 9.98. The highest BCUT2D eigenvalue weighted by Gasteiger charge is 2.31. The highest BCUT2D eigenvalue weighted by atomic mass is 32.2. The second kappa shape index (κ2) is 10.5. The molecule has 2 aliphatic rings. The largest absolute Gasteiger partial charge is 0.383 e. The van der Waals surface area contributed by atoms with Crippen LogP contribution in [-0.4, -0.2) is 38.1 Å². The molecule has 0 aromatic heterocycles. The normalized spacial score (nSPS) is 23.6. The molecule has 2 fully saturated rings. The Labute approximate surface area is 174 Å². The Kier molecular flexibility index (Phi) is 8.09. The molecule has 1 aliphatic heterocycles. The molecule has 7 heteroatoms. The average molecular weight is 423 g/mol. The lowest BCUT2D eigenvalue weighted by molar-refractivity contribution is -0.123. The van der Waals surface area contributed by atoms with E-state index >= 15 is 0 Å². The van der Waals surface area contributed by atoms with Gasteiger partial charge in [-0.2, -0.15) is 0 Å². The number of anilines is 1. The molecule has 0 bridgehead atoms. The van der Waals surface area contributed by atoms with Gasteiger partial charge in [-0.3, -0.25) is 4.79 Å². The zero-order valence-electron chi connectivity index (χ0n) is 17.2. The highest BCUT2D eigenvalue weighted by Crippen LogP contribution is 2.24. The quantitative estimate of drug-likeness (QED) is 0.774. The Bertz CT molecular complexity index is 752. The van der Waals surface area contributed by atoms with Gasteiger partial charge in [0.2, 0.25) is 10.0 Å². The predicted molar refractivity (Wildman–Crippen MR) is 114 cm³/mol. The molecule has 1 unspecified atom stereocenters. The summed E-state index contributed by atoms with van der Waals surface area (Å²) in [5, 5.41) is 9.61. The lowest BCUT2D eigenvalue weighted by Crippen LogP contribution is -2.35. The fraction of sp³-hybridized carbons (Fsp3) is 0.682. The van der Waals surface area contributed by atoms with Gasteiger partial charge in [-0.1, -0.05) is 57.8 Å². The van der Waals surface area contributed by atoms with Crippen LogP contribution in [0.2, 0.25) is 0 Å². The van der Waals surface area contributed by atoms with Gasteiger partial charge in [0.05, 0.1) is 4.90 Å². The van der Waals surface area contributed by atoms with Crippen LogP contribution in [0.15, 0.2) is 29.2 Å². The van der Waals surface area contributed by atoms with Crippen molar-refractivity contribution in [3.63, 3.8) is 0 Å². The van der Waals surface area contributed by atoms with Gasteiger partial charge in [-0.05, 0) is 37.1 Å². The van der Waals surface area contributed by atoms with Crippen molar-refractivity contribution in [3.05, 3.63) is 24.3 Å². The monoisotopic (exact) mass is 422 g/mol. The second-order valence-electron chi connectivity index (χ2n) is 8.37. The number of hydrogen-bond acceptors (Lipinski definition) is 4. The van der Waals surface area contributed by atoms with Crippen molar-refractivity contribution in [2.45, 2.75) is 94.1 Å². The third kappa shape index (κ3) is 6.27. The minimum absolute atomic E-state index is 0.0191. The highest BCUT2D eigenvalue weighted by molar-refractivity contribution is 7.89. The van der Waals surface area contributed by atoms with Crippen LogP contribution in [0, 0.1) is 0 Å². The van der Waals surface area contributed by atoms with Crippen molar-refractivity contribution < 1.29 is 18.3 Å². The lowest BCUT2D eigenvalue weighted by Gasteiger charge is -2.20. The molecule has 1 aromatic rings. The number of nitrogens with zero attached hydrogens (tertiary/aromatic N) is 1. The summed E-state index contributed by atoms with van der Waals surface area (Å²) in [6.45, 7) is 0.451.